The van der Waals surface area contributed by atoms with Gasteiger partial charge in [0.15, 0.2) is 5.76 Å². The molecule has 3 fully saturated rings. The Morgan fingerprint density at radius 2 is 1.64 bits per heavy atom. The number of carbonyl (C=O) groups is 2. The van der Waals surface area contributed by atoms with Gasteiger partial charge in [-0.3, -0.25) is 9.59 Å². The lowest BCUT2D eigenvalue weighted by Gasteiger charge is -2.70. The molecule has 1 N–H and O–H groups in total. The van der Waals surface area contributed by atoms with Gasteiger partial charge in [0.1, 0.15) is 11.5 Å². The van der Waals surface area contributed by atoms with Crippen LogP contribution in [-0.2, 0) is 16.0 Å². The minimum atomic E-state index is -0.301. The fourth-order valence-corrected chi connectivity index (χ4v) is 10.1. The van der Waals surface area contributed by atoms with Crippen molar-refractivity contribution in [2.24, 2.45) is 33.0 Å². The molecule has 4 nitrogen and oxygen atoms in total. The molecule has 5 aliphatic rings. The van der Waals surface area contributed by atoms with Crippen molar-refractivity contribution in [3.8, 4) is 5.75 Å². The highest BCUT2D eigenvalue weighted by Crippen LogP contribution is 2.75. The molecule has 0 aliphatic heterocycles. The summed E-state index contributed by atoms with van der Waals surface area (Å²) in [6, 6.07) is 8.10. The van der Waals surface area contributed by atoms with Gasteiger partial charge >= 0.3 is 0 Å². The van der Waals surface area contributed by atoms with Crippen molar-refractivity contribution < 1.29 is 19.4 Å². The normalized spacial score (nSPS) is 39.2. The van der Waals surface area contributed by atoms with Gasteiger partial charge in [-0.2, -0.15) is 0 Å². The predicted molar refractivity (Wildman–Crippen MR) is 167 cm³/mol. The fraction of sp³-hybridized carbons (Fsp3) is 0.579. The van der Waals surface area contributed by atoms with Crippen LogP contribution >= 0.6 is 0 Å². The summed E-state index contributed by atoms with van der Waals surface area (Å²) in [5, 5.41) is 10.4. The van der Waals surface area contributed by atoms with E-state index in [1.54, 1.807) is 13.2 Å². The van der Waals surface area contributed by atoms with E-state index in [0.717, 1.165) is 61.8 Å². The van der Waals surface area contributed by atoms with Gasteiger partial charge < -0.3 is 9.84 Å². The van der Waals surface area contributed by atoms with Crippen molar-refractivity contribution in [1.29, 1.82) is 0 Å². The summed E-state index contributed by atoms with van der Waals surface area (Å²) >= 11 is 0. The van der Waals surface area contributed by atoms with E-state index in [1.165, 1.54) is 17.6 Å². The predicted octanol–water partition coefficient (Wildman–Crippen LogP) is 8.82. The molecule has 0 radical (unpaired) electrons. The van der Waals surface area contributed by atoms with Crippen LogP contribution in [0.5, 0.6) is 5.75 Å². The van der Waals surface area contributed by atoms with Crippen LogP contribution in [0, 0.1) is 33.0 Å². The van der Waals surface area contributed by atoms with Gasteiger partial charge in [-0.25, -0.2) is 0 Å². The van der Waals surface area contributed by atoms with Crippen LogP contribution in [0.25, 0.3) is 0 Å². The summed E-state index contributed by atoms with van der Waals surface area (Å²) in [5.41, 5.74) is 5.15. The van der Waals surface area contributed by atoms with Gasteiger partial charge in [-0.1, -0.05) is 64.5 Å². The number of benzene rings is 1. The first kappa shape index (κ1) is 29.2. The Hall–Kier alpha value is -2.88. The standard InChI is InChI=1S/C38H48O4/c1-24-27-13-14-30-36(4,28(27)22-29(39)33(24)41)19-21-38(6)31-23-35(3,17-16-34(31,2)18-20-37(30,38)5)32(40)15-10-25-8-11-26(42-7)12-9-25/h8-9,11-14,22,31,41H,10,15-21,23H2,1-7H3/t31-,34-,35-,36+,37-,38+/m1/s1. The highest BCUT2D eigenvalue weighted by atomic mass is 16.5. The molecule has 0 bridgehead atoms. The lowest BCUT2D eigenvalue weighted by molar-refractivity contribution is -0.168. The average molecular weight is 569 g/mol. The number of methoxy groups -OCH3 is 1. The SMILES string of the molecule is COc1ccc(CCC(=O)[C@]2(C)CC[C@]3(C)CC[C@]4(C)C5=CC=C6C(=CC(=O)C(O)=C6C)[C@]5(C)CC[C@@]4(C)[C@@H]3C2)cc1. The second kappa shape index (κ2) is 9.56. The molecule has 4 heteroatoms. The Morgan fingerprint density at radius 1 is 0.952 bits per heavy atom. The van der Waals surface area contributed by atoms with Crippen molar-refractivity contribution in [3.63, 3.8) is 0 Å². The quantitative estimate of drug-likeness (QED) is 0.385. The lowest BCUT2D eigenvalue weighted by Crippen LogP contribution is -2.62. The number of carbonyl (C=O) groups excluding carboxylic acids is 2. The van der Waals surface area contributed by atoms with Gasteiger partial charge in [-0.15, -0.1) is 0 Å². The molecule has 3 saturated carbocycles. The van der Waals surface area contributed by atoms with Crippen LogP contribution in [-0.4, -0.2) is 23.8 Å². The minimum absolute atomic E-state index is 0.0302. The van der Waals surface area contributed by atoms with E-state index < -0.39 is 0 Å². The van der Waals surface area contributed by atoms with E-state index in [9.17, 15) is 14.7 Å². The summed E-state index contributed by atoms with van der Waals surface area (Å²) in [4.78, 5) is 26.7. The van der Waals surface area contributed by atoms with Crippen LogP contribution in [0.2, 0.25) is 0 Å². The fourth-order valence-electron chi connectivity index (χ4n) is 10.1. The number of ketones is 2. The molecule has 0 saturated heterocycles. The number of aryl methyl sites for hydroxylation is 1. The third-order valence-corrected chi connectivity index (χ3v) is 13.3. The second-order valence-electron chi connectivity index (χ2n) is 15.4. The Labute approximate surface area is 252 Å². The Morgan fingerprint density at radius 3 is 2.33 bits per heavy atom. The maximum absolute atomic E-state index is 14.0. The zero-order valence-corrected chi connectivity index (χ0v) is 26.7. The lowest BCUT2D eigenvalue weighted by atomic mass is 9.34. The summed E-state index contributed by atoms with van der Waals surface area (Å²) < 4.78 is 5.30. The summed E-state index contributed by atoms with van der Waals surface area (Å²) in [6.07, 6.45) is 14.9. The Balaban J connectivity index is 1.31. The molecule has 1 aromatic rings. The van der Waals surface area contributed by atoms with Crippen LogP contribution in [0.15, 0.2) is 70.5 Å². The van der Waals surface area contributed by atoms with Crippen molar-refractivity contribution in [2.45, 2.75) is 99.3 Å². The molecular formula is C38H48O4. The first-order valence-corrected chi connectivity index (χ1v) is 16.0. The molecule has 5 aliphatic carbocycles. The maximum Gasteiger partial charge on any atom is 0.220 e. The summed E-state index contributed by atoms with van der Waals surface area (Å²) in [6.45, 7) is 14.0. The molecule has 0 aromatic heterocycles. The largest absolute Gasteiger partial charge is 0.504 e. The molecule has 42 heavy (non-hydrogen) atoms. The molecule has 0 spiro atoms. The zero-order chi connectivity index (χ0) is 30.3. The number of Topliss-reactive ketones (excluding diaryl/α,β-unsaturated/α-hetero) is 1. The molecule has 0 unspecified atom stereocenters. The minimum Gasteiger partial charge on any atom is -0.504 e. The highest BCUT2D eigenvalue weighted by molar-refractivity contribution is 6.06. The molecule has 0 heterocycles. The van der Waals surface area contributed by atoms with E-state index in [4.69, 9.17) is 4.74 Å². The molecule has 6 rings (SSSR count). The molecule has 6 atom stereocenters. The maximum atomic E-state index is 14.0. The smallest absolute Gasteiger partial charge is 0.220 e. The number of aliphatic hydroxyl groups is 1. The van der Waals surface area contributed by atoms with Crippen molar-refractivity contribution in [2.75, 3.05) is 7.11 Å². The van der Waals surface area contributed by atoms with E-state index in [1.807, 2.05) is 19.1 Å². The first-order chi connectivity index (χ1) is 19.7. The highest BCUT2D eigenvalue weighted by Gasteiger charge is 2.67. The van der Waals surface area contributed by atoms with Crippen molar-refractivity contribution >= 4 is 11.6 Å². The van der Waals surface area contributed by atoms with Gasteiger partial charge in [0.25, 0.3) is 0 Å². The molecule has 224 valence electrons. The van der Waals surface area contributed by atoms with E-state index >= 15 is 0 Å². The number of aliphatic hydroxyl groups excluding tert-OH is 1. The number of rotatable bonds is 5. The van der Waals surface area contributed by atoms with E-state index in [0.29, 0.717) is 23.7 Å². The summed E-state index contributed by atoms with van der Waals surface area (Å²) in [7, 11) is 1.68. The summed E-state index contributed by atoms with van der Waals surface area (Å²) in [5.74, 6) is 1.32. The third-order valence-electron chi connectivity index (χ3n) is 13.3. The van der Waals surface area contributed by atoms with E-state index in [2.05, 4.69) is 58.9 Å². The third kappa shape index (κ3) is 3.99. The topological polar surface area (TPSA) is 63.6 Å². The monoisotopic (exact) mass is 568 g/mol. The zero-order valence-electron chi connectivity index (χ0n) is 26.7. The van der Waals surface area contributed by atoms with Crippen molar-refractivity contribution in [1.82, 2.24) is 0 Å². The number of fused-ring (bicyclic) bond motifs is 7. The van der Waals surface area contributed by atoms with Gasteiger partial charge in [0.05, 0.1) is 7.11 Å². The van der Waals surface area contributed by atoms with Crippen LogP contribution in [0.1, 0.15) is 98.5 Å². The number of hydrogen-bond acceptors (Lipinski definition) is 4. The van der Waals surface area contributed by atoms with E-state index in [-0.39, 0.29) is 38.6 Å². The van der Waals surface area contributed by atoms with Crippen LogP contribution < -0.4 is 4.74 Å². The average Bonchev–Trinajstić information content (AvgIpc) is 2.97. The van der Waals surface area contributed by atoms with Crippen molar-refractivity contribution in [3.05, 3.63) is 76.1 Å². The number of ether oxygens (including phenoxy) is 1. The van der Waals surface area contributed by atoms with Crippen LogP contribution in [0.4, 0.5) is 0 Å². The van der Waals surface area contributed by atoms with Gasteiger partial charge in [0, 0.05) is 22.8 Å². The first-order valence-electron chi connectivity index (χ1n) is 16.0. The number of hydrogen-bond donors (Lipinski definition) is 1. The molecule has 0 amide bonds. The Kier molecular flexibility index (Phi) is 6.65. The second-order valence-corrected chi connectivity index (χ2v) is 15.4. The number of allylic oxidation sites excluding steroid dienone is 7. The van der Waals surface area contributed by atoms with Gasteiger partial charge in [-0.05, 0) is 115 Å². The molecule has 1 aromatic carbocycles. The van der Waals surface area contributed by atoms with Gasteiger partial charge in [0.2, 0.25) is 5.78 Å². The van der Waals surface area contributed by atoms with Crippen LogP contribution in [0.3, 0.4) is 0 Å². The molecular weight excluding hydrogens is 520 g/mol. The Bertz CT molecular complexity index is 1470.